The molecule has 0 saturated heterocycles. The minimum Gasteiger partial charge on any atom is -0.345 e. The second kappa shape index (κ2) is 6.81. The Morgan fingerprint density at radius 2 is 1.80 bits per heavy atom. The van der Waals surface area contributed by atoms with E-state index in [-0.39, 0.29) is 11.9 Å². The van der Waals surface area contributed by atoms with Crippen LogP contribution in [0.25, 0.3) is 11.4 Å². The molecule has 25 heavy (non-hydrogen) atoms. The molecule has 4 rings (SSSR count). The van der Waals surface area contributed by atoms with E-state index in [1.165, 1.54) is 11.1 Å². The van der Waals surface area contributed by atoms with Gasteiger partial charge in [-0.25, -0.2) is 9.97 Å². The normalized spacial score (nSPS) is 16.1. The first-order valence-corrected chi connectivity index (χ1v) is 8.42. The Balaban J connectivity index is 1.51. The number of nitrogens with zero attached hydrogens (tertiary/aromatic N) is 3. The van der Waals surface area contributed by atoms with E-state index >= 15 is 0 Å². The lowest BCUT2D eigenvalue weighted by Crippen LogP contribution is -2.31. The molecule has 1 atom stereocenters. The summed E-state index contributed by atoms with van der Waals surface area (Å²) in [5.41, 5.74) is 3.89. The maximum absolute atomic E-state index is 12.6. The lowest BCUT2D eigenvalue weighted by Gasteiger charge is -2.26. The van der Waals surface area contributed by atoms with Crippen molar-refractivity contribution in [1.29, 1.82) is 0 Å². The van der Waals surface area contributed by atoms with Crippen molar-refractivity contribution in [3.63, 3.8) is 0 Å². The van der Waals surface area contributed by atoms with Gasteiger partial charge in [0.1, 0.15) is 0 Å². The van der Waals surface area contributed by atoms with Gasteiger partial charge in [-0.3, -0.25) is 9.78 Å². The second-order valence-electron chi connectivity index (χ2n) is 6.15. The van der Waals surface area contributed by atoms with Gasteiger partial charge < -0.3 is 5.32 Å². The van der Waals surface area contributed by atoms with Crippen molar-refractivity contribution < 1.29 is 4.79 Å². The molecule has 124 valence electrons. The molecule has 0 aliphatic heterocycles. The molecule has 0 spiro atoms. The van der Waals surface area contributed by atoms with E-state index in [4.69, 9.17) is 0 Å². The summed E-state index contributed by atoms with van der Waals surface area (Å²) in [4.78, 5) is 25.2. The van der Waals surface area contributed by atoms with E-state index in [0.29, 0.717) is 11.4 Å². The fourth-order valence-corrected chi connectivity index (χ4v) is 3.24. The molecule has 0 radical (unpaired) electrons. The summed E-state index contributed by atoms with van der Waals surface area (Å²) in [7, 11) is 0. The number of aromatic nitrogens is 3. The van der Waals surface area contributed by atoms with Gasteiger partial charge in [-0.1, -0.05) is 24.3 Å². The largest absolute Gasteiger partial charge is 0.345 e. The highest BCUT2D eigenvalue weighted by Crippen LogP contribution is 2.29. The first kappa shape index (κ1) is 15.4. The molecule has 0 fully saturated rings. The van der Waals surface area contributed by atoms with Crippen LogP contribution >= 0.6 is 0 Å². The van der Waals surface area contributed by atoms with Gasteiger partial charge in [0.15, 0.2) is 5.82 Å². The number of benzene rings is 1. The van der Waals surface area contributed by atoms with Crippen LogP contribution in [0.5, 0.6) is 0 Å². The van der Waals surface area contributed by atoms with Gasteiger partial charge in [-0.2, -0.15) is 0 Å². The average molecular weight is 330 g/mol. The molecule has 1 N–H and O–H groups in total. The summed E-state index contributed by atoms with van der Waals surface area (Å²) in [5, 5.41) is 3.12. The molecule has 1 aliphatic carbocycles. The Hall–Kier alpha value is -3.08. The lowest BCUT2D eigenvalue weighted by molar-refractivity contribution is 0.0932. The lowest BCUT2D eigenvalue weighted by atomic mass is 9.87. The Morgan fingerprint density at radius 3 is 2.60 bits per heavy atom. The van der Waals surface area contributed by atoms with Crippen molar-refractivity contribution >= 4 is 5.91 Å². The number of hydrogen-bond donors (Lipinski definition) is 1. The number of amides is 1. The number of rotatable bonds is 3. The molecule has 1 unspecified atom stereocenters. The Bertz CT molecular complexity index is 878. The van der Waals surface area contributed by atoms with E-state index < -0.39 is 0 Å². The number of fused-ring (bicyclic) bond motifs is 1. The number of hydrogen-bond acceptors (Lipinski definition) is 4. The maximum atomic E-state index is 12.6. The van der Waals surface area contributed by atoms with Gasteiger partial charge in [-0.15, -0.1) is 0 Å². The van der Waals surface area contributed by atoms with Crippen molar-refractivity contribution in [3.8, 4) is 11.4 Å². The van der Waals surface area contributed by atoms with Crippen LogP contribution < -0.4 is 5.32 Å². The van der Waals surface area contributed by atoms with Crippen LogP contribution in [0.4, 0.5) is 0 Å². The van der Waals surface area contributed by atoms with Crippen LogP contribution in [-0.2, 0) is 6.42 Å². The van der Waals surface area contributed by atoms with Crippen LogP contribution in [-0.4, -0.2) is 20.9 Å². The van der Waals surface area contributed by atoms with Crippen molar-refractivity contribution in [1.82, 2.24) is 20.3 Å². The minimum absolute atomic E-state index is 0.0531. The summed E-state index contributed by atoms with van der Waals surface area (Å²) in [6, 6.07) is 12.0. The van der Waals surface area contributed by atoms with Gasteiger partial charge in [0.2, 0.25) is 0 Å². The Kier molecular flexibility index (Phi) is 4.21. The minimum atomic E-state index is -0.136. The van der Waals surface area contributed by atoms with Gasteiger partial charge in [0.25, 0.3) is 5.91 Å². The van der Waals surface area contributed by atoms with Gasteiger partial charge in [0, 0.05) is 30.4 Å². The van der Waals surface area contributed by atoms with Gasteiger partial charge >= 0.3 is 0 Å². The standard InChI is InChI=1S/C20H18N4O/c25-20(24-18-7-3-5-14-4-1-2-6-17(14)18)16-12-22-19(23-13-16)15-8-10-21-11-9-15/h1-2,4,6,8-13,18H,3,5,7H2,(H,24,25). The van der Waals surface area contributed by atoms with Crippen LogP contribution in [0.15, 0.2) is 61.2 Å². The zero-order valence-electron chi connectivity index (χ0n) is 13.7. The predicted octanol–water partition coefficient (Wildman–Crippen LogP) is 3.35. The number of carbonyl (C=O) groups is 1. The number of nitrogens with one attached hydrogen (secondary N) is 1. The van der Waals surface area contributed by atoms with Crippen LogP contribution in [0, 0.1) is 0 Å². The van der Waals surface area contributed by atoms with Crippen LogP contribution in [0.1, 0.15) is 40.4 Å². The summed E-state index contributed by atoms with van der Waals surface area (Å²) in [5.74, 6) is 0.449. The van der Waals surface area contributed by atoms with E-state index in [1.807, 2.05) is 18.2 Å². The highest BCUT2D eigenvalue weighted by molar-refractivity contribution is 5.94. The molecule has 5 heteroatoms. The Labute approximate surface area is 146 Å². The summed E-state index contributed by atoms with van der Waals surface area (Å²) in [6.07, 6.45) is 9.66. The molecular formula is C20H18N4O. The number of aryl methyl sites for hydroxylation is 1. The molecule has 5 nitrogen and oxygen atoms in total. The van der Waals surface area contributed by atoms with Gasteiger partial charge in [-0.05, 0) is 42.5 Å². The second-order valence-corrected chi connectivity index (χ2v) is 6.15. The predicted molar refractivity (Wildman–Crippen MR) is 94.9 cm³/mol. The molecule has 3 aromatic rings. The fourth-order valence-electron chi connectivity index (χ4n) is 3.24. The zero-order valence-corrected chi connectivity index (χ0v) is 13.7. The van der Waals surface area contributed by atoms with Crippen molar-refractivity contribution in [2.45, 2.75) is 25.3 Å². The first-order chi connectivity index (χ1) is 12.3. The topological polar surface area (TPSA) is 67.8 Å². The van der Waals surface area contributed by atoms with E-state index in [2.05, 4.69) is 38.5 Å². The van der Waals surface area contributed by atoms with Crippen LogP contribution in [0.3, 0.4) is 0 Å². The summed E-state index contributed by atoms with van der Waals surface area (Å²) < 4.78 is 0. The zero-order chi connectivity index (χ0) is 17.1. The molecule has 0 saturated carbocycles. The summed E-state index contributed by atoms with van der Waals surface area (Å²) in [6.45, 7) is 0. The molecule has 2 aromatic heterocycles. The fraction of sp³-hybridized carbons (Fsp3) is 0.200. The monoisotopic (exact) mass is 330 g/mol. The van der Waals surface area contributed by atoms with Crippen molar-refractivity contribution in [2.24, 2.45) is 0 Å². The van der Waals surface area contributed by atoms with E-state index in [1.54, 1.807) is 24.8 Å². The number of carbonyl (C=O) groups excluding carboxylic acids is 1. The van der Waals surface area contributed by atoms with E-state index in [9.17, 15) is 4.79 Å². The van der Waals surface area contributed by atoms with E-state index in [0.717, 1.165) is 24.8 Å². The molecule has 2 heterocycles. The first-order valence-electron chi connectivity index (χ1n) is 8.42. The SMILES string of the molecule is O=C(NC1CCCc2ccccc21)c1cnc(-c2ccncc2)nc1. The quantitative estimate of drug-likeness (QED) is 0.800. The Morgan fingerprint density at radius 1 is 1.04 bits per heavy atom. The summed E-state index contributed by atoms with van der Waals surface area (Å²) >= 11 is 0. The van der Waals surface area contributed by atoms with Crippen molar-refractivity contribution in [3.05, 3.63) is 77.9 Å². The van der Waals surface area contributed by atoms with Crippen LogP contribution in [0.2, 0.25) is 0 Å². The maximum Gasteiger partial charge on any atom is 0.254 e. The molecule has 1 aliphatic rings. The molecular weight excluding hydrogens is 312 g/mol. The molecule has 0 bridgehead atoms. The average Bonchev–Trinajstić information content (AvgIpc) is 2.69. The molecule has 1 amide bonds. The highest BCUT2D eigenvalue weighted by Gasteiger charge is 2.22. The smallest absolute Gasteiger partial charge is 0.254 e. The van der Waals surface area contributed by atoms with Crippen molar-refractivity contribution in [2.75, 3.05) is 0 Å². The third-order valence-corrected chi connectivity index (χ3v) is 4.53. The third-order valence-electron chi connectivity index (χ3n) is 4.53. The highest BCUT2D eigenvalue weighted by atomic mass is 16.1. The van der Waals surface area contributed by atoms with Gasteiger partial charge in [0.05, 0.1) is 11.6 Å². The molecule has 1 aromatic carbocycles. The number of pyridine rings is 1. The third kappa shape index (κ3) is 3.26.